The van der Waals surface area contributed by atoms with Gasteiger partial charge in [-0.25, -0.2) is 18.0 Å². The third-order valence-electron chi connectivity index (χ3n) is 3.75. The molecule has 0 radical (unpaired) electrons. The van der Waals surface area contributed by atoms with Crippen molar-refractivity contribution in [2.75, 3.05) is 22.9 Å². The maximum absolute atomic E-state index is 12.4. The average Bonchev–Trinajstić information content (AvgIpc) is 3.32. The number of hydrogen-bond acceptors (Lipinski definition) is 7. The van der Waals surface area contributed by atoms with Crippen LogP contribution in [0.4, 0.5) is 11.4 Å². The molecule has 0 bridgehead atoms. The molecule has 0 amide bonds. The molecular weight excluding hydrogens is 354 g/mol. The molecule has 0 aliphatic heterocycles. The van der Waals surface area contributed by atoms with Crippen LogP contribution in [0.25, 0.3) is 10.9 Å². The van der Waals surface area contributed by atoms with Gasteiger partial charge in [0.1, 0.15) is 5.69 Å². The molecule has 0 unspecified atom stereocenters. The van der Waals surface area contributed by atoms with Gasteiger partial charge in [0, 0.05) is 12.6 Å². The normalized spacial score (nSPS) is 14.4. The molecule has 12 heteroatoms. The van der Waals surface area contributed by atoms with E-state index in [0.29, 0.717) is 17.1 Å². The van der Waals surface area contributed by atoms with Crippen molar-refractivity contribution in [3.05, 3.63) is 43.1 Å². The van der Waals surface area contributed by atoms with Crippen LogP contribution in [0.3, 0.4) is 0 Å². The fraction of sp³-hybridized carbons (Fsp3) is 0.385. The number of anilines is 1. The number of nitro groups is 1. The number of rotatable bonds is 6. The van der Waals surface area contributed by atoms with Gasteiger partial charge in [0.25, 0.3) is 11.2 Å². The summed E-state index contributed by atoms with van der Waals surface area (Å²) in [4.78, 5) is 39.1. The van der Waals surface area contributed by atoms with Crippen LogP contribution >= 0.6 is 0 Å². The summed E-state index contributed by atoms with van der Waals surface area (Å²) in [5, 5.41) is 14.1. The van der Waals surface area contributed by atoms with E-state index in [4.69, 9.17) is 0 Å². The van der Waals surface area contributed by atoms with E-state index in [2.05, 4.69) is 10.3 Å². The summed E-state index contributed by atoms with van der Waals surface area (Å²) in [7, 11) is -3.87. The van der Waals surface area contributed by atoms with E-state index < -0.39 is 26.2 Å². The van der Waals surface area contributed by atoms with E-state index in [1.807, 2.05) is 0 Å². The van der Waals surface area contributed by atoms with Gasteiger partial charge in [0.2, 0.25) is 10.0 Å². The summed E-state index contributed by atoms with van der Waals surface area (Å²) < 4.78 is 22.9. The van der Waals surface area contributed by atoms with Gasteiger partial charge in [-0.15, -0.1) is 0 Å². The van der Waals surface area contributed by atoms with Crippen LogP contribution in [0.2, 0.25) is 0 Å². The summed E-state index contributed by atoms with van der Waals surface area (Å²) in [6.45, 7) is 0.533. The van der Waals surface area contributed by atoms with Crippen molar-refractivity contribution >= 4 is 32.3 Å². The molecule has 1 aliphatic carbocycles. The minimum absolute atomic E-state index is 0.0507. The Kier molecular flexibility index (Phi) is 3.99. The lowest BCUT2D eigenvalue weighted by Crippen LogP contribution is -2.43. The molecule has 0 saturated heterocycles. The second-order valence-corrected chi connectivity index (χ2v) is 7.66. The Balaban J connectivity index is 2.18. The second-order valence-electron chi connectivity index (χ2n) is 5.93. The number of nitro benzene ring substituents is 1. The standard InChI is InChI=1S/C13H15N5O6S/c1-25(23,24)16-17-12(19)8-4-10(14-6-7-2-3-7)11(18(21)22)5-9(8)15-13(17)20/h4-5,7,14,16H,2-3,6H2,1H3,(H,15,20). The summed E-state index contributed by atoms with van der Waals surface area (Å²) in [5.74, 6) is 0.439. The van der Waals surface area contributed by atoms with Crippen LogP contribution in [0.15, 0.2) is 21.7 Å². The van der Waals surface area contributed by atoms with Crippen molar-refractivity contribution in [2.45, 2.75) is 12.8 Å². The highest BCUT2D eigenvalue weighted by Gasteiger charge is 2.24. The molecule has 134 valence electrons. The quantitative estimate of drug-likeness (QED) is 0.475. The predicted molar refractivity (Wildman–Crippen MR) is 90.9 cm³/mol. The SMILES string of the molecule is CS(=O)(=O)Nn1c(=O)[nH]c2cc([N+](=O)[O-])c(NCC3CC3)cc2c1=O. The maximum atomic E-state index is 12.4. The second kappa shape index (κ2) is 5.88. The smallest absolute Gasteiger partial charge is 0.348 e. The van der Waals surface area contributed by atoms with Crippen molar-refractivity contribution in [3.8, 4) is 0 Å². The third-order valence-corrected chi connectivity index (χ3v) is 4.26. The van der Waals surface area contributed by atoms with E-state index in [0.717, 1.165) is 25.2 Å². The molecule has 1 saturated carbocycles. The van der Waals surface area contributed by atoms with E-state index in [9.17, 15) is 28.1 Å². The molecule has 1 aromatic carbocycles. The first-order valence-corrected chi connectivity index (χ1v) is 9.24. The van der Waals surface area contributed by atoms with Crippen LogP contribution in [0.5, 0.6) is 0 Å². The number of benzene rings is 1. The zero-order chi connectivity index (χ0) is 18.4. The number of H-pyrrole nitrogens is 1. The highest BCUT2D eigenvalue weighted by atomic mass is 32.2. The van der Waals surface area contributed by atoms with E-state index in [-0.39, 0.29) is 22.3 Å². The molecule has 1 aromatic heterocycles. The molecule has 2 aromatic rings. The number of hydrogen-bond donors (Lipinski definition) is 3. The molecule has 3 N–H and O–H groups in total. The molecule has 1 heterocycles. The van der Waals surface area contributed by atoms with Crippen molar-refractivity contribution in [1.82, 2.24) is 9.66 Å². The van der Waals surface area contributed by atoms with Gasteiger partial charge in [-0.3, -0.25) is 14.9 Å². The minimum Gasteiger partial charge on any atom is -0.379 e. The van der Waals surface area contributed by atoms with Crippen LogP contribution in [0.1, 0.15) is 12.8 Å². The first-order valence-electron chi connectivity index (χ1n) is 7.35. The first kappa shape index (κ1) is 17.0. The van der Waals surface area contributed by atoms with Crippen molar-refractivity contribution < 1.29 is 13.3 Å². The predicted octanol–water partition coefficient (Wildman–Crippen LogP) is -0.0770. The van der Waals surface area contributed by atoms with Crippen molar-refractivity contribution in [3.63, 3.8) is 0 Å². The fourth-order valence-corrected chi connectivity index (χ4v) is 2.87. The summed E-state index contributed by atoms with van der Waals surface area (Å²) >= 11 is 0. The van der Waals surface area contributed by atoms with Crippen LogP contribution in [-0.4, -0.2) is 35.8 Å². The van der Waals surface area contributed by atoms with Crippen LogP contribution < -0.4 is 21.4 Å². The van der Waals surface area contributed by atoms with Gasteiger partial charge < -0.3 is 10.3 Å². The van der Waals surface area contributed by atoms with Gasteiger partial charge in [0.05, 0.1) is 22.1 Å². The lowest BCUT2D eigenvalue weighted by atomic mass is 10.2. The lowest BCUT2D eigenvalue weighted by Gasteiger charge is -2.10. The van der Waals surface area contributed by atoms with E-state index in [1.165, 1.54) is 6.07 Å². The number of aromatic amines is 1. The topological polar surface area (TPSA) is 156 Å². The molecule has 1 fully saturated rings. The Morgan fingerprint density at radius 2 is 2.04 bits per heavy atom. The summed E-state index contributed by atoms with van der Waals surface area (Å²) in [6.07, 6.45) is 2.86. The monoisotopic (exact) mass is 369 g/mol. The zero-order valence-electron chi connectivity index (χ0n) is 13.1. The van der Waals surface area contributed by atoms with Gasteiger partial charge in [-0.1, -0.05) is 0 Å². The maximum Gasteiger partial charge on any atom is 0.348 e. The third kappa shape index (κ3) is 3.63. The van der Waals surface area contributed by atoms with Gasteiger partial charge in [-0.05, 0) is 24.8 Å². The Bertz CT molecular complexity index is 1080. The zero-order valence-corrected chi connectivity index (χ0v) is 13.9. The lowest BCUT2D eigenvalue weighted by molar-refractivity contribution is -0.383. The molecular formula is C13H15N5O6S. The van der Waals surface area contributed by atoms with Gasteiger partial charge in [-0.2, -0.15) is 4.68 Å². The molecule has 3 rings (SSSR count). The van der Waals surface area contributed by atoms with Crippen LogP contribution in [0, 0.1) is 16.0 Å². The number of nitrogens with zero attached hydrogens (tertiary/aromatic N) is 2. The Labute approximate surface area is 140 Å². The van der Waals surface area contributed by atoms with E-state index >= 15 is 0 Å². The molecule has 25 heavy (non-hydrogen) atoms. The average molecular weight is 369 g/mol. The molecule has 11 nitrogen and oxygen atoms in total. The Morgan fingerprint density at radius 1 is 1.36 bits per heavy atom. The first-order chi connectivity index (χ1) is 11.7. The largest absolute Gasteiger partial charge is 0.379 e. The van der Waals surface area contributed by atoms with E-state index in [1.54, 1.807) is 4.83 Å². The summed E-state index contributed by atoms with van der Waals surface area (Å²) in [5.41, 5.74) is -2.16. The number of sulfonamides is 1. The molecule has 1 aliphatic rings. The fourth-order valence-electron chi connectivity index (χ4n) is 2.37. The molecule has 0 atom stereocenters. The minimum atomic E-state index is -3.87. The summed E-state index contributed by atoms with van der Waals surface area (Å²) in [6, 6.07) is 2.33. The number of fused-ring (bicyclic) bond motifs is 1. The highest BCUT2D eigenvalue weighted by molar-refractivity contribution is 7.91. The van der Waals surface area contributed by atoms with Crippen molar-refractivity contribution in [1.29, 1.82) is 0 Å². The van der Waals surface area contributed by atoms with Crippen LogP contribution in [-0.2, 0) is 10.0 Å². The number of aromatic nitrogens is 2. The Hall–Kier alpha value is -2.89. The van der Waals surface area contributed by atoms with Gasteiger partial charge in [0.15, 0.2) is 0 Å². The van der Waals surface area contributed by atoms with Crippen molar-refractivity contribution in [2.24, 2.45) is 5.92 Å². The Morgan fingerprint density at radius 3 is 2.60 bits per heavy atom. The highest BCUT2D eigenvalue weighted by Crippen LogP contribution is 2.32. The number of nitrogens with one attached hydrogen (secondary N) is 3. The molecule has 0 spiro atoms. The van der Waals surface area contributed by atoms with Gasteiger partial charge >= 0.3 is 5.69 Å².